The molecule has 0 unspecified atom stereocenters. The minimum absolute atomic E-state index is 0.689. The third kappa shape index (κ3) is 3.26. The summed E-state index contributed by atoms with van der Waals surface area (Å²) < 4.78 is 0. The first-order chi connectivity index (χ1) is 9.81. The molecular formula is C18H22N2. The molecule has 0 N–H and O–H groups in total. The maximum Gasteiger partial charge on any atom is 0.0303 e. The Bertz CT molecular complexity index is 542. The summed E-state index contributed by atoms with van der Waals surface area (Å²) in [6.07, 6.45) is 7.56. The van der Waals surface area contributed by atoms with Gasteiger partial charge in [0.1, 0.15) is 0 Å². The highest BCUT2D eigenvalue weighted by Crippen LogP contribution is 2.27. The normalized spacial score (nSPS) is 17.2. The van der Waals surface area contributed by atoms with Gasteiger partial charge in [-0.2, -0.15) is 0 Å². The molecule has 2 aromatic rings. The Kier molecular flexibility index (Phi) is 4.12. The summed E-state index contributed by atoms with van der Waals surface area (Å²) >= 11 is 0. The van der Waals surface area contributed by atoms with Crippen LogP contribution >= 0.6 is 0 Å². The van der Waals surface area contributed by atoms with Crippen LogP contribution in [0.15, 0.2) is 48.8 Å². The number of pyridine rings is 1. The molecule has 1 aromatic carbocycles. The number of rotatable bonds is 3. The second-order valence-electron chi connectivity index (χ2n) is 5.87. The fraction of sp³-hybridized carbons (Fsp3) is 0.389. The summed E-state index contributed by atoms with van der Waals surface area (Å²) in [5.74, 6) is 0.689. The molecule has 2 nitrogen and oxygen atoms in total. The highest BCUT2D eigenvalue weighted by atomic mass is 15.1. The molecule has 0 radical (unpaired) electrons. The fourth-order valence-corrected chi connectivity index (χ4v) is 3.00. The molecule has 3 rings (SSSR count). The van der Waals surface area contributed by atoms with Crippen LogP contribution < -0.4 is 0 Å². The molecule has 0 atom stereocenters. The smallest absolute Gasteiger partial charge is 0.0303 e. The monoisotopic (exact) mass is 266 g/mol. The summed E-state index contributed by atoms with van der Waals surface area (Å²) in [4.78, 5) is 6.88. The molecule has 0 spiro atoms. The molecule has 1 aliphatic heterocycles. The molecule has 0 amide bonds. The number of nitrogens with zero attached hydrogens (tertiary/aromatic N) is 2. The first kappa shape index (κ1) is 13.3. The second kappa shape index (κ2) is 6.19. The van der Waals surface area contributed by atoms with Crippen LogP contribution in [0.5, 0.6) is 0 Å². The highest BCUT2D eigenvalue weighted by molar-refractivity contribution is 5.28. The Labute approximate surface area is 121 Å². The number of likely N-dealkylation sites (tertiary alicyclic amines) is 1. The van der Waals surface area contributed by atoms with E-state index in [4.69, 9.17) is 0 Å². The lowest BCUT2D eigenvalue weighted by molar-refractivity contribution is 0.255. The van der Waals surface area contributed by atoms with Crippen LogP contribution in [0, 0.1) is 0 Å². The van der Waals surface area contributed by atoms with Crippen LogP contribution in [0.3, 0.4) is 0 Å². The molecule has 1 aliphatic rings. The molecule has 1 fully saturated rings. The van der Waals surface area contributed by atoms with Crippen molar-refractivity contribution >= 4 is 0 Å². The van der Waals surface area contributed by atoms with Crippen molar-refractivity contribution in [3.05, 3.63) is 65.5 Å². The molecule has 0 aliphatic carbocycles. The number of piperidine rings is 1. The van der Waals surface area contributed by atoms with Crippen LogP contribution in [0.4, 0.5) is 0 Å². The van der Waals surface area contributed by atoms with Gasteiger partial charge in [0, 0.05) is 12.4 Å². The number of hydrogen-bond acceptors (Lipinski definition) is 2. The molecule has 0 bridgehead atoms. The van der Waals surface area contributed by atoms with Crippen molar-refractivity contribution in [1.29, 1.82) is 0 Å². The van der Waals surface area contributed by atoms with Gasteiger partial charge in [-0.3, -0.25) is 4.98 Å². The van der Waals surface area contributed by atoms with Crippen molar-refractivity contribution in [1.82, 2.24) is 9.88 Å². The molecular weight excluding hydrogens is 244 g/mol. The van der Waals surface area contributed by atoms with E-state index in [0.717, 1.165) is 6.42 Å². The highest BCUT2D eigenvalue weighted by Gasteiger charge is 2.18. The maximum absolute atomic E-state index is 4.46. The van der Waals surface area contributed by atoms with Crippen LogP contribution in [-0.4, -0.2) is 30.0 Å². The van der Waals surface area contributed by atoms with E-state index in [1.165, 1.54) is 42.6 Å². The van der Waals surface area contributed by atoms with Gasteiger partial charge < -0.3 is 4.90 Å². The Morgan fingerprint density at radius 2 is 1.80 bits per heavy atom. The Balaban J connectivity index is 1.73. The van der Waals surface area contributed by atoms with E-state index < -0.39 is 0 Å². The molecule has 2 heterocycles. The predicted octanol–water partition coefficient (Wildman–Crippen LogP) is 3.48. The van der Waals surface area contributed by atoms with Gasteiger partial charge in [-0.15, -0.1) is 0 Å². The zero-order valence-corrected chi connectivity index (χ0v) is 12.1. The van der Waals surface area contributed by atoms with E-state index in [-0.39, 0.29) is 0 Å². The van der Waals surface area contributed by atoms with Crippen molar-refractivity contribution in [3.63, 3.8) is 0 Å². The number of hydrogen-bond donors (Lipinski definition) is 0. The average Bonchev–Trinajstić information content (AvgIpc) is 2.49. The minimum atomic E-state index is 0.689. The summed E-state index contributed by atoms with van der Waals surface area (Å²) in [5.41, 5.74) is 4.11. The van der Waals surface area contributed by atoms with Gasteiger partial charge in [-0.25, -0.2) is 0 Å². The van der Waals surface area contributed by atoms with Crippen LogP contribution in [-0.2, 0) is 6.42 Å². The molecule has 2 heteroatoms. The lowest BCUT2D eigenvalue weighted by atomic mass is 9.89. The van der Waals surface area contributed by atoms with Crippen molar-refractivity contribution in [3.8, 4) is 0 Å². The van der Waals surface area contributed by atoms with E-state index in [0.29, 0.717) is 5.92 Å². The SMILES string of the molecule is CN1CCC(c2cncc(Cc3ccccc3)c2)CC1. The molecule has 1 aromatic heterocycles. The maximum atomic E-state index is 4.46. The first-order valence-electron chi connectivity index (χ1n) is 7.47. The molecule has 0 saturated carbocycles. The Morgan fingerprint density at radius 3 is 2.55 bits per heavy atom. The van der Waals surface area contributed by atoms with Gasteiger partial charge in [-0.1, -0.05) is 36.4 Å². The summed E-state index contributed by atoms with van der Waals surface area (Å²) in [7, 11) is 2.21. The van der Waals surface area contributed by atoms with Crippen molar-refractivity contribution in [2.75, 3.05) is 20.1 Å². The fourth-order valence-electron chi connectivity index (χ4n) is 3.00. The van der Waals surface area contributed by atoms with Gasteiger partial charge in [0.25, 0.3) is 0 Å². The predicted molar refractivity (Wildman–Crippen MR) is 83.0 cm³/mol. The third-order valence-electron chi connectivity index (χ3n) is 4.26. The average molecular weight is 266 g/mol. The van der Waals surface area contributed by atoms with Crippen molar-refractivity contribution in [2.45, 2.75) is 25.2 Å². The zero-order chi connectivity index (χ0) is 13.8. The summed E-state index contributed by atoms with van der Waals surface area (Å²) in [5, 5.41) is 0. The van der Waals surface area contributed by atoms with E-state index >= 15 is 0 Å². The van der Waals surface area contributed by atoms with Gasteiger partial charge in [-0.05, 0) is 62.0 Å². The zero-order valence-electron chi connectivity index (χ0n) is 12.1. The molecule has 20 heavy (non-hydrogen) atoms. The number of benzene rings is 1. The van der Waals surface area contributed by atoms with E-state index in [1.807, 2.05) is 6.20 Å². The van der Waals surface area contributed by atoms with Crippen molar-refractivity contribution in [2.24, 2.45) is 0 Å². The summed E-state index contributed by atoms with van der Waals surface area (Å²) in [6.45, 7) is 2.40. The second-order valence-corrected chi connectivity index (χ2v) is 5.87. The van der Waals surface area contributed by atoms with Gasteiger partial charge >= 0.3 is 0 Å². The van der Waals surface area contributed by atoms with E-state index in [2.05, 4.69) is 59.5 Å². The van der Waals surface area contributed by atoms with Crippen LogP contribution in [0.2, 0.25) is 0 Å². The van der Waals surface area contributed by atoms with E-state index in [1.54, 1.807) is 0 Å². The van der Waals surface area contributed by atoms with Crippen LogP contribution in [0.1, 0.15) is 35.4 Å². The molecule has 104 valence electrons. The Morgan fingerprint density at radius 1 is 1.05 bits per heavy atom. The van der Waals surface area contributed by atoms with Gasteiger partial charge in [0.15, 0.2) is 0 Å². The minimum Gasteiger partial charge on any atom is -0.306 e. The van der Waals surface area contributed by atoms with Crippen LogP contribution in [0.25, 0.3) is 0 Å². The Hall–Kier alpha value is -1.67. The largest absolute Gasteiger partial charge is 0.306 e. The standard InChI is InChI=1S/C18H22N2/c1-20-9-7-17(8-10-20)18-12-16(13-19-14-18)11-15-5-3-2-4-6-15/h2-6,12-14,17H,7-11H2,1H3. The van der Waals surface area contributed by atoms with Gasteiger partial charge in [0.2, 0.25) is 0 Å². The molecule has 1 saturated heterocycles. The quantitative estimate of drug-likeness (QED) is 0.845. The first-order valence-corrected chi connectivity index (χ1v) is 7.47. The van der Waals surface area contributed by atoms with E-state index in [9.17, 15) is 0 Å². The lowest BCUT2D eigenvalue weighted by Gasteiger charge is -2.29. The van der Waals surface area contributed by atoms with Crippen molar-refractivity contribution < 1.29 is 0 Å². The van der Waals surface area contributed by atoms with Gasteiger partial charge in [0.05, 0.1) is 0 Å². The number of aromatic nitrogens is 1. The lowest BCUT2D eigenvalue weighted by Crippen LogP contribution is -2.29. The summed E-state index contributed by atoms with van der Waals surface area (Å²) in [6, 6.07) is 13.0. The topological polar surface area (TPSA) is 16.1 Å². The third-order valence-corrected chi connectivity index (χ3v) is 4.26.